The first-order valence-electron chi connectivity index (χ1n) is 4.84. The topological polar surface area (TPSA) is 63.6 Å². The first kappa shape index (κ1) is 11.2. The third-order valence-corrected chi connectivity index (χ3v) is 4.48. The van der Waals surface area contributed by atoms with Gasteiger partial charge < -0.3 is 9.84 Å². The van der Waals surface area contributed by atoms with Crippen molar-refractivity contribution in [3.05, 3.63) is 28.7 Å². The van der Waals surface area contributed by atoms with Crippen molar-refractivity contribution in [1.82, 2.24) is 0 Å². The third-order valence-electron chi connectivity index (χ3n) is 2.53. The zero-order valence-electron chi connectivity index (χ0n) is 8.80. The van der Waals surface area contributed by atoms with E-state index in [0.29, 0.717) is 11.3 Å². The second kappa shape index (κ2) is 3.92. The number of methoxy groups -OCH3 is 1. The number of aliphatic hydroxyl groups is 1. The molecule has 0 aliphatic carbocycles. The Labute approximate surface area is 94.1 Å². The fourth-order valence-electron chi connectivity index (χ4n) is 1.70. The molecule has 1 aromatic rings. The summed E-state index contributed by atoms with van der Waals surface area (Å²) in [5, 5.41) is 8.81. The van der Waals surface area contributed by atoms with Crippen molar-refractivity contribution in [2.75, 3.05) is 13.7 Å². The Morgan fingerprint density at radius 1 is 1.38 bits per heavy atom. The van der Waals surface area contributed by atoms with Crippen molar-refractivity contribution in [3.63, 3.8) is 0 Å². The van der Waals surface area contributed by atoms with E-state index in [0.717, 1.165) is 0 Å². The van der Waals surface area contributed by atoms with Crippen LogP contribution < -0.4 is 4.74 Å². The SMILES string of the molecule is COc1ccc2c(c1)S(=O)(=O)C(CCO)=C2. The Morgan fingerprint density at radius 2 is 2.12 bits per heavy atom. The summed E-state index contributed by atoms with van der Waals surface area (Å²) < 4.78 is 29.0. The van der Waals surface area contributed by atoms with Crippen LogP contribution in [0.25, 0.3) is 6.08 Å². The molecule has 1 heterocycles. The maximum atomic E-state index is 12.0. The summed E-state index contributed by atoms with van der Waals surface area (Å²) in [6, 6.07) is 4.92. The second-order valence-corrected chi connectivity index (χ2v) is 5.46. The summed E-state index contributed by atoms with van der Waals surface area (Å²) in [4.78, 5) is 0.522. The van der Waals surface area contributed by atoms with Gasteiger partial charge in [-0.15, -0.1) is 0 Å². The van der Waals surface area contributed by atoms with Crippen molar-refractivity contribution >= 4 is 15.9 Å². The average molecular weight is 240 g/mol. The van der Waals surface area contributed by atoms with E-state index in [1.54, 1.807) is 18.2 Å². The number of rotatable bonds is 3. The average Bonchev–Trinajstić information content (AvgIpc) is 2.51. The van der Waals surface area contributed by atoms with Crippen LogP contribution in [-0.2, 0) is 9.84 Å². The van der Waals surface area contributed by atoms with Crippen molar-refractivity contribution < 1.29 is 18.3 Å². The van der Waals surface area contributed by atoms with Crippen LogP contribution in [0.3, 0.4) is 0 Å². The minimum absolute atomic E-state index is 0.152. The number of sulfone groups is 1. The molecule has 1 aliphatic heterocycles. The van der Waals surface area contributed by atoms with Gasteiger partial charge in [-0.3, -0.25) is 0 Å². The normalized spacial score (nSPS) is 16.8. The molecule has 1 N–H and O–H groups in total. The highest BCUT2D eigenvalue weighted by molar-refractivity contribution is 7.95. The number of benzene rings is 1. The van der Waals surface area contributed by atoms with Crippen LogP contribution in [0.5, 0.6) is 5.75 Å². The van der Waals surface area contributed by atoms with Crippen LogP contribution in [0.2, 0.25) is 0 Å². The molecule has 0 aromatic heterocycles. The molecule has 0 spiro atoms. The van der Waals surface area contributed by atoms with E-state index in [1.165, 1.54) is 13.2 Å². The van der Waals surface area contributed by atoms with Crippen LogP contribution in [-0.4, -0.2) is 27.2 Å². The molecule has 1 aromatic carbocycles. The van der Waals surface area contributed by atoms with Gasteiger partial charge >= 0.3 is 0 Å². The van der Waals surface area contributed by atoms with Gasteiger partial charge in [0.15, 0.2) is 0 Å². The predicted octanol–water partition coefficient (Wildman–Crippen LogP) is 1.21. The van der Waals surface area contributed by atoms with Crippen LogP contribution >= 0.6 is 0 Å². The maximum absolute atomic E-state index is 12.0. The molecule has 0 fully saturated rings. The summed E-state index contributed by atoms with van der Waals surface area (Å²) in [7, 11) is -1.93. The standard InChI is InChI=1S/C11H12O4S/c1-15-9-3-2-8-6-10(4-5-12)16(13,14)11(8)7-9/h2-3,6-7,12H,4-5H2,1H3. The lowest BCUT2D eigenvalue weighted by atomic mass is 10.2. The van der Waals surface area contributed by atoms with Gasteiger partial charge in [0.2, 0.25) is 9.84 Å². The number of hydrogen-bond acceptors (Lipinski definition) is 4. The fraction of sp³-hybridized carbons (Fsp3) is 0.273. The van der Waals surface area contributed by atoms with Crippen LogP contribution in [0.1, 0.15) is 12.0 Å². The summed E-state index contributed by atoms with van der Waals surface area (Å²) in [6.07, 6.45) is 1.75. The quantitative estimate of drug-likeness (QED) is 0.862. The van der Waals surface area contributed by atoms with Gasteiger partial charge in [0.05, 0.1) is 16.9 Å². The second-order valence-electron chi connectivity index (χ2n) is 3.49. The third kappa shape index (κ3) is 1.62. The number of ether oxygens (including phenoxy) is 1. The summed E-state index contributed by atoms with van der Waals surface area (Å²) in [5.74, 6) is 0.515. The lowest BCUT2D eigenvalue weighted by Crippen LogP contribution is -2.02. The smallest absolute Gasteiger partial charge is 0.203 e. The molecule has 5 heteroatoms. The van der Waals surface area contributed by atoms with Crippen molar-refractivity contribution in [1.29, 1.82) is 0 Å². The van der Waals surface area contributed by atoms with Crippen molar-refractivity contribution in [3.8, 4) is 5.75 Å². The summed E-state index contributed by atoms with van der Waals surface area (Å²) in [5.41, 5.74) is 0.657. The van der Waals surface area contributed by atoms with E-state index >= 15 is 0 Å². The van der Waals surface area contributed by atoms with Gasteiger partial charge in [0, 0.05) is 13.0 Å². The highest BCUT2D eigenvalue weighted by atomic mass is 32.2. The summed E-state index contributed by atoms with van der Waals surface area (Å²) >= 11 is 0. The highest BCUT2D eigenvalue weighted by Crippen LogP contribution is 2.36. The molecule has 0 atom stereocenters. The molecule has 0 saturated heterocycles. The Morgan fingerprint density at radius 3 is 2.75 bits per heavy atom. The Bertz CT molecular complexity index is 543. The highest BCUT2D eigenvalue weighted by Gasteiger charge is 2.29. The fourth-order valence-corrected chi connectivity index (χ4v) is 3.34. The van der Waals surface area contributed by atoms with Gasteiger partial charge in [-0.2, -0.15) is 0 Å². The van der Waals surface area contributed by atoms with E-state index in [-0.39, 0.29) is 22.8 Å². The van der Waals surface area contributed by atoms with E-state index < -0.39 is 9.84 Å². The first-order chi connectivity index (χ1) is 7.59. The molecule has 4 nitrogen and oxygen atoms in total. The Balaban J connectivity index is 2.53. The number of fused-ring (bicyclic) bond motifs is 1. The minimum atomic E-state index is -3.42. The van der Waals surface area contributed by atoms with Crippen molar-refractivity contribution in [2.45, 2.75) is 11.3 Å². The zero-order chi connectivity index (χ0) is 11.8. The van der Waals surface area contributed by atoms with Gasteiger partial charge in [-0.05, 0) is 29.8 Å². The molecular formula is C11H12O4S. The van der Waals surface area contributed by atoms with E-state index in [9.17, 15) is 8.42 Å². The molecule has 0 bridgehead atoms. The molecular weight excluding hydrogens is 228 g/mol. The van der Waals surface area contributed by atoms with Gasteiger partial charge in [0.25, 0.3) is 0 Å². The van der Waals surface area contributed by atoms with Gasteiger partial charge in [0.1, 0.15) is 5.75 Å². The first-order valence-corrected chi connectivity index (χ1v) is 6.32. The zero-order valence-corrected chi connectivity index (χ0v) is 9.62. The Hall–Kier alpha value is -1.33. The monoisotopic (exact) mass is 240 g/mol. The lowest BCUT2D eigenvalue weighted by molar-refractivity contribution is 0.301. The van der Waals surface area contributed by atoms with Gasteiger partial charge in [-0.25, -0.2) is 8.42 Å². The molecule has 1 aliphatic rings. The Kier molecular flexibility index (Phi) is 2.73. The number of aliphatic hydroxyl groups excluding tert-OH is 1. The van der Waals surface area contributed by atoms with E-state index in [4.69, 9.17) is 9.84 Å². The molecule has 0 unspecified atom stereocenters. The van der Waals surface area contributed by atoms with E-state index in [2.05, 4.69) is 0 Å². The molecule has 0 radical (unpaired) electrons. The maximum Gasteiger partial charge on any atom is 0.203 e. The van der Waals surface area contributed by atoms with E-state index in [1.807, 2.05) is 0 Å². The largest absolute Gasteiger partial charge is 0.497 e. The lowest BCUT2D eigenvalue weighted by Gasteiger charge is -2.04. The molecule has 0 saturated carbocycles. The minimum Gasteiger partial charge on any atom is -0.497 e. The molecule has 86 valence electrons. The van der Waals surface area contributed by atoms with Crippen LogP contribution in [0.15, 0.2) is 28.0 Å². The summed E-state index contributed by atoms with van der Waals surface area (Å²) in [6.45, 7) is -0.170. The van der Waals surface area contributed by atoms with Crippen molar-refractivity contribution in [2.24, 2.45) is 0 Å². The van der Waals surface area contributed by atoms with Crippen LogP contribution in [0.4, 0.5) is 0 Å². The van der Waals surface area contributed by atoms with Gasteiger partial charge in [-0.1, -0.05) is 0 Å². The molecule has 0 amide bonds. The number of hydrogen-bond donors (Lipinski definition) is 1. The molecule has 2 rings (SSSR count). The van der Waals surface area contributed by atoms with Crippen LogP contribution in [0, 0.1) is 0 Å². The molecule has 16 heavy (non-hydrogen) atoms. The predicted molar refractivity (Wildman–Crippen MR) is 59.9 cm³/mol.